The zero-order chi connectivity index (χ0) is 14.5. The Kier molecular flexibility index (Phi) is 5.81. The molecule has 2 nitrogen and oxygen atoms in total. The zero-order valence-corrected chi connectivity index (χ0v) is 12.4. The molecule has 1 aliphatic rings. The van der Waals surface area contributed by atoms with E-state index >= 15 is 0 Å². The number of rotatable bonds is 5. The Hall–Kier alpha value is -0.650. The Morgan fingerprint density at radius 1 is 1.25 bits per heavy atom. The lowest BCUT2D eigenvalue weighted by atomic mass is 9.94. The van der Waals surface area contributed by atoms with Crippen LogP contribution in [0.4, 0.5) is 8.78 Å². The summed E-state index contributed by atoms with van der Waals surface area (Å²) in [7, 11) is 0. The highest BCUT2D eigenvalue weighted by molar-refractivity contribution is 7.99. The van der Waals surface area contributed by atoms with Crippen LogP contribution in [-0.2, 0) is 0 Å². The fourth-order valence-electron chi connectivity index (χ4n) is 2.71. The van der Waals surface area contributed by atoms with Crippen LogP contribution in [-0.4, -0.2) is 29.2 Å². The van der Waals surface area contributed by atoms with Gasteiger partial charge in [0.2, 0.25) is 0 Å². The first kappa shape index (κ1) is 15.7. The Balaban J connectivity index is 1.85. The van der Waals surface area contributed by atoms with Gasteiger partial charge in [0.05, 0.1) is 11.7 Å². The van der Waals surface area contributed by atoms with Crippen molar-refractivity contribution < 1.29 is 13.9 Å². The zero-order valence-electron chi connectivity index (χ0n) is 11.6. The second-order valence-electron chi connectivity index (χ2n) is 5.27. The maximum Gasteiger partial charge on any atom is 0.131 e. The van der Waals surface area contributed by atoms with Crippen LogP contribution in [0.5, 0.6) is 0 Å². The predicted molar refractivity (Wildman–Crippen MR) is 78.9 cm³/mol. The Morgan fingerprint density at radius 2 is 1.85 bits per heavy atom. The van der Waals surface area contributed by atoms with E-state index in [0.717, 1.165) is 30.9 Å². The van der Waals surface area contributed by atoms with Crippen LogP contribution in [0.1, 0.15) is 37.4 Å². The van der Waals surface area contributed by atoms with Gasteiger partial charge in [-0.1, -0.05) is 6.07 Å². The van der Waals surface area contributed by atoms with Crippen LogP contribution in [0.25, 0.3) is 0 Å². The van der Waals surface area contributed by atoms with E-state index in [4.69, 9.17) is 0 Å². The molecule has 2 rings (SSSR count). The lowest BCUT2D eigenvalue weighted by Gasteiger charge is -2.29. The summed E-state index contributed by atoms with van der Waals surface area (Å²) in [5.74, 6) is -1.38. The maximum atomic E-state index is 13.5. The summed E-state index contributed by atoms with van der Waals surface area (Å²) in [6, 6.07) is 3.98. The number of nitrogens with one attached hydrogen (secondary N) is 1. The summed E-state index contributed by atoms with van der Waals surface area (Å²) in [6.07, 6.45) is 5.40. The van der Waals surface area contributed by atoms with Gasteiger partial charge in [-0.25, -0.2) is 8.78 Å². The van der Waals surface area contributed by atoms with Crippen molar-refractivity contribution in [3.05, 3.63) is 35.4 Å². The van der Waals surface area contributed by atoms with Gasteiger partial charge in [-0.15, -0.1) is 0 Å². The maximum absolute atomic E-state index is 13.5. The minimum Gasteiger partial charge on any atom is -0.387 e. The molecular formula is C15H21F2NOS. The van der Waals surface area contributed by atoms with Gasteiger partial charge in [-0.2, -0.15) is 11.8 Å². The SMILES string of the molecule is CSC1CCC(NCC(O)c2c(F)cccc2F)CC1. The molecule has 0 aliphatic heterocycles. The topological polar surface area (TPSA) is 32.3 Å². The third kappa shape index (κ3) is 3.93. The molecular weight excluding hydrogens is 280 g/mol. The van der Waals surface area contributed by atoms with Crippen molar-refractivity contribution in [3.8, 4) is 0 Å². The molecule has 0 aromatic heterocycles. The number of halogens is 2. The molecule has 1 fully saturated rings. The fraction of sp³-hybridized carbons (Fsp3) is 0.600. The molecule has 1 atom stereocenters. The molecule has 1 aliphatic carbocycles. The molecule has 0 bridgehead atoms. The van der Waals surface area contributed by atoms with Crippen molar-refractivity contribution >= 4 is 11.8 Å². The molecule has 112 valence electrons. The van der Waals surface area contributed by atoms with Crippen LogP contribution in [0.3, 0.4) is 0 Å². The summed E-state index contributed by atoms with van der Waals surface area (Å²) in [4.78, 5) is 0. The van der Waals surface area contributed by atoms with E-state index in [0.29, 0.717) is 6.04 Å². The Labute approximate surface area is 123 Å². The van der Waals surface area contributed by atoms with Crippen LogP contribution in [0.2, 0.25) is 0 Å². The summed E-state index contributed by atoms with van der Waals surface area (Å²) in [6.45, 7) is 0.187. The normalized spacial score (nSPS) is 24.6. The number of benzene rings is 1. The Bertz CT molecular complexity index is 416. The lowest BCUT2D eigenvalue weighted by Crippen LogP contribution is -2.36. The molecule has 1 aromatic carbocycles. The molecule has 20 heavy (non-hydrogen) atoms. The first-order chi connectivity index (χ1) is 9.61. The monoisotopic (exact) mass is 301 g/mol. The average Bonchev–Trinajstić information content (AvgIpc) is 2.45. The van der Waals surface area contributed by atoms with Crippen molar-refractivity contribution in [1.82, 2.24) is 5.32 Å². The minimum absolute atomic E-state index is 0.187. The van der Waals surface area contributed by atoms with Gasteiger partial charge in [0.1, 0.15) is 11.6 Å². The summed E-state index contributed by atoms with van der Waals surface area (Å²) in [5, 5.41) is 13.9. The smallest absolute Gasteiger partial charge is 0.131 e. The van der Waals surface area contributed by atoms with Gasteiger partial charge in [0.15, 0.2) is 0 Å². The summed E-state index contributed by atoms with van der Waals surface area (Å²) < 4.78 is 27.1. The van der Waals surface area contributed by atoms with Crippen molar-refractivity contribution in [2.45, 2.75) is 43.1 Å². The first-order valence-electron chi connectivity index (χ1n) is 7.00. The van der Waals surface area contributed by atoms with Gasteiger partial charge in [0.25, 0.3) is 0 Å². The number of hydrogen-bond donors (Lipinski definition) is 2. The molecule has 0 saturated heterocycles. The van der Waals surface area contributed by atoms with Crippen LogP contribution < -0.4 is 5.32 Å². The van der Waals surface area contributed by atoms with E-state index in [1.165, 1.54) is 18.2 Å². The van der Waals surface area contributed by atoms with Crippen molar-refractivity contribution in [2.75, 3.05) is 12.8 Å². The third-order valence-electron chi connectivity index (χ3n) is 3.94. The highest BCUT2D eigenvalue weighted by Crippen LogP contribution is 2.27. The number of aliphatic hydroxyl groups is 1. The minimum atomic E-state index is -1.14. The van der Waals surface area contributed by atoms with Gasteiger partial charge >= 0.3 is 0 Å². The first-order valence-corrected chi connectivity index (χ1v) is 8.28. The highest BCUT2D eigenvalue weighted by Gasteiger charge is 2.22. The van der Waals surface area contributed by atoms with E-state index in [-0.39, 0.29) is 12.1 Å². The van der Waals surface area contributed by atoms with Crippen molar-refractivity contribution in [1.29, 1.82) is 0 Å². The van der Waals surface area contributed by atoms with Crippen LogP contribution >= 0.6 is 11.8 Å². The van der Waals surface area contributed by atoms with E-state index in [1.54, 1.807) is 0 Å². The van der Waals surface area contributed by atoms with Crippen molar-refractivity contribution in [2.24, 2.45) is 0 Å². The van der Waals surface area contributed by atoms with Gasteiger partial charge < -0.3 is 10.4 Å². The van der Waals surface area contributed by atoms with E-state index < -0.39 is 17.7 Å². The standard InChI is InChI=1S/C15H21F2NOS/c1-20-11-7-5-10(6-8-11)18-9-14(19)15-12(16)3-2-4-13(15)17/h2-4,10-11,14,18-19H,5-9H2,1H3. The summed E-state index contributed by atoms with van der Waals surface area (Å²) in [5.41, 5.74) is -0.238. The second kappa shape index (κ2) is 7.38. The molecule has 0 amide bonds. The molecule has 1 unspecified atom stereocenters. The lowest BCUT2D eigenvalue weighted by molar-refractivity contribution is 0.157. The average molecular weight is 301 g/mol. The van der Waals surface area contributed by atoms with Gasteiger partial charge in [-0.3, -0.25) is 0 Å². The molecule has 2 N–H and O–H groups in total. The quantitative estimate of drug-likeness (QED) is 0.875. The van der Waals surface area contributed by atoms with E-state index in [2.05, 4.69) is 11.6 Å². The highest BCUT2D eigenvalue weighted by atomic mass is 32.2. The largest absolute Gasteiger partial charge is 0.387 e. The van der Waals surface area contributed by atoms with E-state index in [1.807, 2.05) is 11.8 Å². The summed E-state index contributed by atoms with van der Waals surface area (Å²) >= 11 is 1.90. The van der Waals surface area contributed by atoms with Crippen molar-refractivity contribution in [3.63, 3.8) is 0 Å². The second-order valence-corrected chi connectivity index (χ2v) is 6.41. The molecule has 0 heterocycles. The van der Waals surface area contributed by atoms with Crippen LogP contribution in [0, 0.1) is 11.6 Å². The predicted octanol–water partition coefficient (Wildman–Crippen LogP) is 3.26. The number of hydrogen-bond acceptors (Lipinski definition) is 3. The van der Waals surface area contributed by atoms with E-state index in [9.17, 15) is 13.9 Å². The van der Waals surface area contributed by atoms with Crippen LogP contribution in [0.15, 0.2) is 18.2 Å². The molecule has 5 heteroatoms. The number of thioether (sulfide) groups is 1. The molecule has 1 aromatic rings. The third-order valence-corrected chi connectivity index (χ3v) is 5.08. The number of aliphatic hydroxyl groups excluding tert-OH is 1. The molecule has 1 saturated carbocycles. The fourth-order valence-corrected chi connectivity index (χ4v) is 3.46. The van der Waals surface area contributed by atoms with Gasteiger partial charge in [-0.05, 0) is 44.1 Å². The Morgan fingerprint density at radius 3 is 2.40 bits per heavy atom. The molecule has 0 radical (unpaired) electrons. The van der Waals surface area contributed by atoms with Gasteiger partial charge in [0, 0.05) is 17.8 Å². The molecule has 0 spiro atoms.